The summed E-state index contributed by atoms with van der Waals surface area (Å²) in [7, 11) is 0. The van der Waals surface area contributed by atoms with Gasteiger partial charge in [-0.25, -0.2) is 0 Å². The van der Waals surface area contributed by atoms with Gasteiger partial charge in [0.1, 0.15) is 0 Å². The van der Waals surface area contributed by atoms with E-state index in [0.29, 0.717) is 0 Å². The van der Waals surface area contributed by atoms with Crippen LogP contribution in [0.4, 0.5) is 0 Å². The fraction of sp³-hybridized carbons (Fsp3) is 0.231. The van der Waals surface area contributed by atoms with Crippen molar-refractivity contribution in [1.82, 2.24) is 0 Å². The first-order valence-corrected chi connectivity index (χ1v) is 8.13. The molecule has 1 aromatic heterocycles. The van der Waals surface area contributed by atoms with Gasteiger partial charge in [0, 0.05) is 9.35 Å². The van der Waals surface area contributed by atoms with Crippen LogP contribution in [0.2, 0.25) is 0 Å². The van der Waals surface area contributed by atoms with Gasteiger partial charge >= 0.3 is 0 Å². The monoisotopic (exact) mass is 392 g/mol. The van der Waals surface area contributed by atoms with Gasteiger partial charge in [0.25, 0.3) is 0 Å². The number of benzene rings is 1. The average Bonchev–Trinajstić information content (AvgIpc) is 2.69. The minimum Gasteiger partial charge on any atom is -0.130 e. The summed E-state index contributed by atoms with van der Waals surface area (Å²) in [5.74, 6) is 0. The SMILES string of the molecule is CCc1ccc(C(Cl)c2cc(Br)c(Br)s2)cc1. The number of hydrogen-bond acceptors (Lipinski definition) is 1. The van der Waals surface area contributed by atoms with Crippen molar-refractivity contribution in [2.24, 2.45) is 0 Å². The molecular weight excluding hydrogens is 383 g/mol. The van der Waals surface area contributed by atoms with E-state index in [-0.39, 0.29) is 5.38 Å². The summed E-state index contributed by atoms with van der Waals surface area (Å²) in [5.41, 5.74) is 2.48. The molecule has 0 spiro atoms. The largest absolute Gasteiger partial charge is 0.130 e. The van der Waals surface area contributed by atoms with E-state index in [1.807, 2.05) is 0 Å². The van der Waals surface area contributed by atoms with Gasteiger partial charge in [0.15, 0.2) is 0 Å². The van der Waals surface area contributed by atoms with Crippen LogP contribution in [-0.2, 0) is 6.42 Å². The minimum atomic E-state index is -0.0755. The smallest absolute Gasteiger partial charge is 0.0928 e. The van der Waals surface area contributed by atoms with Gasteiger partial charge in [-0.15, -0.1) is 22.9 Å². The molecule has 4 heteroatoms. The van der Waals surface area contributed by atoms with Crippen molar-refractivity contribution in [2.75, 3.05) is 0 Å². The highest BCUT2D eigenvalue weighted by Crippen LogP contribution is 2.40. The zero-order valence-corrected chi connectivity index (χ0v) is 14.0. The summed E-state index contributed by atoms with van der Waals surface area (Å²) in [6.45, 7) is 2.15. The summed E-state index contributed by atoms with van der Waals surface area (Å²) >= 11 is 15.1. The Morgan fingerprint density at radius 1 is 1.24 bits per heavy atom. The van der Waals surface area contributed by atoms with Crippen LogP contribution in [-0.4, -0.2) is 0 Å². The van der Waals surface area contributed by atoms with E-state index in [2.05, 4.69) is 69.1 Å². The lowest BCUT2D eigenvalue weighted by Crippen LogP contribution is -1.90. The van der Waals surface area contributed by atoms with Gasteiger partial charge in [-0.1, -0.05) is 31.2 Å². The Balaban J connectivity index is 2.26. The number of hydrogen-bond donors (Lipinski definition) is 0. The van der Waals surface area contributed by atoms with Crippen LogP contribution in [0.25, 0.3) is 0 Å². The van der Waals surface area contributed by atoms with Crippen molar-refractivity contribution in [1.29, 1.82) is 0 Å². The molecule has 0 aliphatic rings. The lowest BCUT2D eigenvalue weighted by atomic mass is 10.1. The van der Waals surface area contributed by atoms with E-state index >= 15 is 0 Å². The second-order valence-electron chi connectivity index (χ2n) is 3.73. The zero-order chi connectivity index (χ0) is 12.4. The van der Waals surface area contributed by atoms with E-state index in [1.165, 1.54) is 5.56 Å². The van der Waals surface area contributed by atoms with Crippen molar-refractivity contribution < 1.29 is 0 Å². The van der Waals surface area contributed by atoms with Crippen molar-refractivity contribution in [2.45, 2.75) is 18.7 Å². The molecule has 1 atom stereocenters. The third-order valence-corrected chi connectivity index (χ3v) is 6.53. The maximum Gasteiger partial charge on any atom is 0.0928 e. The van der Waals surface area contributed by atoms with Crippen LogP contribution in [0, 0.1) is 0 Å². The second kappa shape index (κ2) is 5.87. The lowest BCUT2D eigenvalue weighted by molar-refractivity contribution is 1.11. The Morgan fingerprint density at radius 2 is 1.88 bits per heavy atom. The molecule has 1 unspecified atom stereocenters. The van der Waals surface area contributed by atoms with Crippen LogP contribution < -0.4 is 0 Å². The van der Waals surface area contributed by atoms with Crippen molar-refractivity contribution >= 4 is 54.8 Å². The zero-order valence-electron chi connectivity index (χ0n) is 9.21. The molecule has 1 aromatic carbocycles. The first-order valence-electron chi connectivity index (χ1n) is 5.29. The fourth-order valence-electron chi connectivity index (χ4n) is 1.57. The maximum atomic E-state index is 6.48. The van der Waals surface area contributed by atoms with Gasteiger partial charge in [-0.3, -0.25) is 0 Å². The average molecular weight is 395 g/mol. The molecule has 17 heavy (non-hydrogen) atoms. The quantitative estimate of drug-likeness (QED) is 0.547. The third kappa shape index (κ3) is 3.14. The first kappa shape index (κ1) is 13.6. The summed E-state index contributed by atoms with van der Waals surface area (Å²) in [5, 5.41) is -0.0755. The predicted molar refractivity (Wildman–Crippen MR) is 83.2 cm³/mol. The lowest BCUT2D eigenvalue weighted by Gasteiger charge is -2.08. The fourth-order valence-corrected chi connectivity index (χ4v) is 4.01. The molecule has 90 valence electrons. The molecule has 0 N–H and O–H groups in total. The second-order valence-corrected chi connectivity index (χ2v) is 7.42. The molecule has 0 fully saturated rings. The van der Waals surface area contributed by atoms with Crippen LogP contribution in [0.3, 0.4) is 0 Å². The maximum absolute atomic E-state index is 6.48. The van der Waals surface area contributed by atoms with E-state index < -0.39 is 0 Å². The number of thiophene rings is 1. The van der Waals surface area contributed by atoms with Crippen molar-refractivity contribution in [3.8, 4) is 0 Å². The van der Waals surface area contributed by atoms with Crippen LogP contribution in [0.15, 0.2) is 38.6 Å². The molecule has 0 amide bonds. The molecule has 0 saturated carbocycles. The van der Waals surface area contributed by atoms with E-state index in [1.54, 1.807) is 11.3 Å². The minimum absolute atomic E-state index is 0.0755. The Morgan fingerprint density at radius 3 is 2.35 bits per heavy atom. The molecule has 0 saturated heterocycles. The number of halogens is 3. The van der Waals surface area contributed by atoms with Crippen LogP contribution in [0.1, 0.15) is 28.3 Å². The van der Waals surface area contributed by atoms with Crippen LogP contribution >= 0.6 is 54.8 Å². The highest BCUT2D eigenvalue weighted by molar-refractivity contribution is 9.13. The predicted octanol–water partition coefficient (Wildman–Crippen LogP) is 6.16. The van der Waals surface area contributed by atoms with Gasteiger partial charge < -0.3 is 0 Å². The van der Waals surface area contributed by atoms with Crippen LogP contribution in [0.5, 0.6) is 0 Å². The Hall–Kier alpha value is 0.170. The molecule has 0 bridgehead atoms. The molecule has 0 radical (unpaired) electrons. The molecule has 1 heterocycles. The topological polar surface area (TPSA) is 0 Å². The van der Waals surface area contributed by atoms with Gasteiger partial charge in [0.2, 0.25) is 0 Å². The van der Waals surface area contributed by atoms with E-state index in [4.69, 9.17) is 11.6 Å². The standard InChI is InChI=1S/C13H11Br2ClS/c1-2-8-3-5-9(6-4-8)12(16)11-7-10(14)13(15)17-11/h3-7,12H,2H2,1H3. The molecule has 2 aromatic rings. The third-order valence-electron chi connectivity index (χ3n) is 2.59. The normalized spacial score (nSPS) is 12.7. The summed E-state index contributed by atoms with van der Waals surface area (Å²) in [4.78, 5) is 1.15. The van der Waals surface area contributed by atoms with Crippen molar-refractivity contribution in [3.63, 3.8) is 0 Å². The highest BCUT2D eigenvalue weighted by Gasteiger charge is 2.15. The summed E-state index contributed by atoms with van der Waals surface area (Å²) in [6, 6.07) is 10.6. The summed E-state index contributed by atoms with van der Waals surface area (Å²) < 4.78 is 2.15. The first-order chi connectivity index (χ1) is 8.11. The van der Waals surface area contributed by atoms with Gasteiger partial charge in [-0.05, 0) is 55.5 Å². The van der Waals surface area contributed by atoms with E-state index in [0.717, 1.165) is 25.1 Å². The Bertz CT molecular complexity index is 485. The molecular formula is C13H11Br2ClS. The van der Waals surface area contributed by atoms with Gasteiger partial charge in [0.05, 0.1) is 9.16 Å². The number of alkyl halides is 1. The Labute approximate surface area is 127 Å². The Kier molecular flexibility index (Phi) is 4.70. The molecule has 0 nitrogen and oxygen atoms in total. The highest BCUT2D eigenvalue weighted by atomic mass is 79.9. The molecule has 0 aliphatic carbocycles. The molecule has 0 aliphatic heterocycles. The summed E-state index contributed by atoms with van der Waals surface area (Å²) in [6.07, 6.45) is 1.06. The van der Waals surface area contributed by atoms with E-state index in [9.17, 15) is 0 Å². The van der Waals surface area contributed by atoms with Crippen molar-refractivity contribution in [3.05, 3.63) is 54.6 Å². The number of rotatable bonds is 3. The number of aryl methyl sites for hydroxylation is 1. The van der Waals surface area contributed by atoms with Gasteiger partial charge in [-0.2, -0.15) is 0 Å². The molecule has 2 rings (SSSR count).